The predicted molar refractivity (Wildman–Crippen MR) is 81.6 cm³/mol. The zero-order valence-corrected chi connectivity index (χ0v) is 12.6. The van der Waals surface area contributed by atoms with Gasteiger partial charge in [-0.1, -0.05) is 12.1 Å². The summed E-state index contributed by atoms with van der Waals surface area (Å²) < 4.78 is 0. The first-order valence-corrected chi connectivity index (χ1v) is 7.94. The largest absolute Gasteiger partial charge is 0.481 e. The predicted octanol–water partition coefficient (Wildman–Crippen LogP) is 2.55. The molecule has 6 nitrogen and oxygen atoms in total. The van der Waals surface area contributed by atoms with Crippen molar-refractivity contribution in [2.75, 3.05) is 18.1 Å². The van der Waals surface area contributed by atoms with Gasteiger partial charge in [-0.3, -0.25) is 19.8 Å². The molecule has 7 heteroatoms. The van der Waals surface area contributed by atoms with Gasteiger partial charge in [0.2, 0.25) is 0 Å². The Bertz CT molecular complexity index is 537. The van der Waals surface area contributed by atoms with Gasteiger partial charge in [0, 0.05) is 42.3 Å². The Balaban J connectivity index is 2.19. The average Bonchev–Trinajstić information content (AvgIpc) is 2.46. The molecule has 1 aliphatic rings. The van der Waals surface area contributed by atoms with E-state index in [1.54, 1.807) is 23.9 Å². The van der Waals surface area contributed by atoms with Crippen LogP contribution in [0, 0.1) is 10.1 Å². The van der Waals surface area contributed by atoms with E-state index < -0.39 is 10.9 Å². The Hall–Kier alpha value is -1.60. The van der Waals surface area contributed by atoms with Crippen LogP contribution >= 0.6 is 11.8 Å². The molecule has 1 aliphatic heterocycles. The molecule has 0 spiro atoms. The van der Waals surface area contributed by atoms with E-state index in [2.05, 4.69) is 4.90 Å². The zero-order valence-electron chi connectivity index (χ0n) is 11.8. The molecule has 0 aromatic heterocycles. The van der Waals surface area contributed by atoms with Crippen LogP contribution in [0.1, 0.15) is 24.9 Å². The van der Waals surface area contributed by atoms with E-state index in [0.29, 0.717) is 0 Å². The Morgan fingerprint density at radius 2 is 2.38 bits per heavy atom. The van der Waals surface area contributed by atoms with E-state index in [1.165, 1.54) is 6.07 Å². The summed E-state index contributed by atoms with van der Waals surface area (Å²) in [6, 6.07) is 6.51. The van der Waals surface area contributed by atoms with E-state index in [4.69, 9.17) is 5.11 Å². The average molecular weight is 310 g/mol. The third kappa shape index (κ3) is 3.95. The number of nitro benzene ring substituents is 1. The van der Waals surface area contributed by atoms with Gasteiger partial charge in [-0.25, -0.2) is 0 Å². The molecule has 0 amide bonds. The highest BCUT2D eigenvalue weighted by atomic mass is 32.2. The minimum Gasteiger partial charge on any atom is -0.481 e. The third-order valence-electron chi connectivity index (χ3n) is 3.74. The van der Waals surface area contributed by atoms with Gasteiger partial charge in [0.05, 0.1) is 11.3 Å². The highest BCUT2D eigenvalue weighted by Gasteiger charge is 2.29. The number of rotatable bonds is 5. The van der Waals surface area contributed by atoms with E-state index in [0.717, 1.165) is 23.6 Å². The fourth-order valence-electron chi connectivity index (χ4n) is 2.64. The summed E-state index contributed by atoms with van der Waals surface area (Å²) in [4.78, 5) is 23.6. The van der Waals surface area contributed by atoms with Crippen molar-refractivity contribution >= 4 is 23.4 Å². The van der Waals surface area contributed by atoms with E-state index >= 15 is 0 Å². The maximum Gasteiger partial charge on any atom is 0.304 e. The monoisotopic (exact) mass is 310 g/mol. The van der Waals surface area contributed by atoms with Crippen LogP contribution in [0.25, 0.3) is 0 Å². The molecule has 0 saturated carbocycles. The smallest absolute Gasteiger partial charge is 0.304 e. The molecule has 114 valence electrons. The number of thioether (sulfide) groups is 1. The lowest BCUT2D eigenvalue weighted by Gasteiger charge is -2.39. The van der Waals surface area contributed by atoms with Crippen LogP contribution in [0.3, 0.4) is 0 Å². The summed E-state index contributed by atoms with van der Waals surface area (Å²) >= 11 is 1.76. The Morgan fingerprint density at radius 3 is 3.05 bits per heavy atom. The quantitative estimate of drug-likeness (QED) is 0.664. The van der Waals surface area contributed by atoms with E-state index in [-0.39, 0.29) is 24.2 Å². The number of hydrogen-bond donors (Lipinski definition) is 1. The van der Waals surface area contributed by atoms with Gasteiger partial charge in [0.1, 0.15) is 0 Å². The van der Waals surface area contributed by atoms with Crippen molar-refractivity contribution in [3.63, 3.8) is 0 Å². The van der Waals surface area contributed by atoms with Crippen molar-refractivity contribution in [1.82, 2.24) is 4.90 Å². The lowest BCUT2D eigenvalue weighted by molar-refractivity contribution is -0.385. The fraction of sp³-hybridized carbons (Fsp3) is 0.500. The summed E-state index contributed by atoms with van der Waals surface area (Å²) in [6.45, 7) is 2.77. The van der Waals surface area contributed by atoms with Gasteiger partial charge >= 0.3 is 5.97 Å². The summed E-state index contributed by atoms with van der Waals surface area (Å²) in [6.07, 6.45) is 0.103. The summed E-state index contributed by atoms with van der Waals surface area (Å²) in [5.41, 5.74) is 0.923. The Labute approximate surface area is 127 Å². The van der Waals surface area contributed by atoms with Crippen molar-refractivity contribution in [3.8, 4) is 0 Å². The van der Waals surface area contributed by atoms with Gasteiger partial charge < -0.3 is 5.11 Å². The zero-order chi connectivity index (χ0) is 15.4. The van der Waals surface area contributed by atoms with Crippen LogP contribution in [-0.2, 0) is 4.79 Å². The Kier molecular flexibility index (Phi) is 5.19. The molecule has 1 saturated heterocycles. The second-order valence-corrected chi connectivity index (χ2v) is 6.24. The molecule has 2 unspecified atom stereocenters. The first kappa shape index (κ1) is 15.8. The van der Waals surface area contributed by atoms with Crippen molar-refractivity contribution in [1.29, 1.82) is 0 Å². The third-order valence-corrected chi connectivity index (χ3v) is 4.84. The minimum atomic E-state index is -0.807. The van der Waals surface area contributed by atoms with Gasteiger partial charge in [0.15, 0.2) is 0 Å². The molecule has 0 aliphatic carbocycles. The van der Waals surface area contributed by atoms with Crippen molar-refractivity contribution < 1.29 is 14.8 Å². The van der Waals surface area contributed by atoms with Crippen LogP contribution in [0.4, 0.5) is 5.69 Å². The summed E-state index contributed by atoms with van der Waals surface area (Å²) in [5.74, 6) is 0.930. The first-order chi connectivity index (χ1) is 9.99. The minimum absolute atomic E-state index is 0.0319. The molecule has 21 heavy (non-hydrogen) atoms. The number of carboxylic acid groups (broad SMARTS) is 1. The van der Waals surface area contributed by atoms with Crippen LogP contribution < -0.4 is 0 Å². The molecule has 1 aromatic carbocycles. The second kappa shape index (κ2) is 6.91. The lowest BCUT2D eigenvalue weighted by atomic mass is 10.0. The van der Waals surface area contributed by atoms with Crippen molar-refractivity contribution in [2.24, 2.45) is 0 Å². The molecule has 2 rings (SSSR count). The van der Waals surface area contributed by atoms with Gasteiger partial charge in [0.25, 0.3) is 5.69 Å². The highest BCUT2D eigenvalue weighted by molar-refractivity contribution is 7.99. The summed E-state index contributed by atoms with van der Waals surface area (Å²) in [7, 11) is 0. The second-order valence-electron chi connectivity index (χ2n) is 5.09. The molecule has 1 fully saturated rings. The van der Waals surface area contributed by atoms with Gasteiger partial charge in [-0.15, -0.1) is 0 Å². The van der Waals surface area contributed by atoms with Crippen molar-refractivity contribution in [3.05, 3.63) is 39.9 Å². The van der Waals surface area contributed by atoms with Gasteiger partial charge in [-0.2, -0.15) is 11.8 Å². The number of nitrogens with zero attached hydrogens (tertiary/aromatic N) is 2. The molecule has 1 N–H and O–H groups in total. The topological polar surface area (TPSA) is 83.7 Å². The van der Waals surface area contributed by atoms with Crippen LogP contribution in [0.15, 0.2) is 24.3 Å². The number of nitro groups is 1. The molecule has 0 radical (unpaired) electrons. The van der Waals surface area contributed by atoms with E-state index in [1.807, 2.05) is 13.0 Å². The number of benzene rings is 1. The maximum absolute atomic E-state index is 11.0. The summed E-state index contributed by atoms with van der Waals surface area (Å²) in [5, 5.41) is 19.9. The highest BCUT2D eigenvalue weighted by Crippen LogP contribution is 2.30. The number of carbonyl (C=O) groups is 1. The number of aliphatic carboxylic acids is 1. The first-order valence-electron chi connectivity index (χ1n) is 6.78. The lowest BCUT2D eigenvalue weighted by Crippen LogP contribution is -2.44. The SMILES string of the molecule is CC(c1cccc([N+](=O)[O-])c1)N1CCSCC1CC(=O)O. The molecular formula is C14H18N2O4S. The number of hydrogen-bond acceptors (Lipinski definition) is 5. The number of non-ortho nitro benzene ring substituents is 1. The van der Waals surface area contributed by atoms with Gasteiger partial charge in [-0.05, 0) is 12.5 Å². The van der Waals surface area contributed by atoms with Crippen LogP contribution in [-0.4, -0.2) is 45.0 Å². The van der Waals surface area contributed by atoms with E-state index in [9.17, 15) is 14.9 Å². The maximum atomic E-state index is 11.0. The Morgan fingerprint density at radius 1 is 1.62 bits per heavy atom. The fourth-order valence-corrected chi connectivity index (χ4v) is 3.73. The van der Waals surface area contributed by atoms with Crippen molar-refractivity contribution in [2.45, 2.75) is 25.4 Å². The number of carboxylic acids is 1. The standard InChI is InChI=1S/C14H18N2O4S/c1-10(11-3-2-4-12(7-11)16(19)20)15-5-6-21-9-13(15)8-14(17)18/h2-4,7,10,13H,5-6,8-9H2,1H3,(H,17,18). The molecule has 1 aromatic rings. The van der Waals surface area contributed by atoms with Crippen LogP contribution in [0.2, 0.25) is 0 Å². The molecule has 1 heterocycles. The normalized spacial score (nSPS) is 20.9. The van der Waals surface area contributed by atoms with Crippen LogP contribution in [0.5, 0.6) is 0 Å². The molecular weight excluding hydrogens is 292 g/mol. The molecule has 2 atom stereocenters. The molecule has 0 bridgehead atoms.